The van der Waals surface area contributed by atoms with Gasteiger partial charge in [0.25, 0.3) is 5.56 Å². The summed E-state index contributed by atoms with van der Waals surface area (Å²) < 4.78 is 0. The van der Waals surface area contributed by atoms with Gasteiger partial charge < -0.3 is 10.1 Å². The Bertz CT molecular complexity index is 1010. The maximum Gasteiger partial charge on any atom is 0.254 e. The van der Waals surface area contributed by atoms with Gasteiger partial charge in [-0.25, -0.2) is 4.98 Å². The average Bonchev–Trinajstić information content (AvgIpc) is 3.10. The molecule has 1 fully saturated rings. The van der Waals surface area contributed by atoms with Crippen molar-refractivity contribution in [3.63, 3.8) is 0 Å². The van der Waals surface area contributed by atoms with Crippen LogP contribution in [0.2, 0.25) is 0 Å². The van der Waals surface area contributed by atoms with Crippen LogP contribution in [0.25, 0.3) is 11.4 Å². The number of aromatic nitrogens is 2. The van der Waals surface area contributed by atoms with Gasteiger partial charge in [-0.15, -0.1) is 0 Å². The summed E-state index contributed by atoms with van der Waals surface area (Å²) in [5.74, 6) is 0.600. The Kier molecular flexibility index (Phi) is 5.37. The molecule has 0 spiro atoms. The van der Waals surface area contributed by atoms with Gasteiger partial charge in [0.2, 0.25) is 0 Å². The Labute approximate surface area is 164 Å². The Morgan fingerprint density at radius 1 is 1.14 bits per heavy atom. The number of β-amino-alcohol motifs (C(OH)–C–C–N with tert-alkyl or cyclic N) is 1. The fourth-order valence-electron chi connectivity index (χ4n) is 3.79. The van der Waals surface area contributed by atoms with Crippen LogP contribution in [0.3, 0.4) is 0 Å². The van der Waals surface area contributed by atoms with Crippen LogP contribution >= 0.6 is 0 Å². The molecule has 0 unspecified atom stereocenters. The van der Waals surface area contributed by atoms with Gasteiger partial charge in [0.05, 0.1) is 6.10 Å². The lowest BCUT2D eigenvalue weighted by molar-refractivity contribution is 0.175. The predicted octanol–water partition coefficient (Wildman–Crippen LogP) is 2.90. The van der Waals surface area contributed by atoms with E-state index in [9.17, 15) is 9.90 Å². The number of aryl methyl sites for hydroxylation is 1. The van der Waals surface area contributed by atoms with Crippen molar-refractivity contribution in [3.05, 3.63) is 87.3 Å². The van der Waals surface area contributed by atoms with Gasteiger partial charge in [-0.2, -0.15) is 0 Å². The number of hydrogen-bond donors (Lipinski definition) is 2. The van der Waals surface area contributed by atoms with Crippen LogP contribution in [0, 0.1) is 6.92 Å². The maximum absolute atomic E-state index is 12.7. The van der Waals surface area contributed by atoms with Crippen LogP contribution in [-0.2, 0) is 13.0 Å². The Balaban J connectivity index is 1.58. The van der Waals surface area contributed by atoms with Crippen LogP contribution in [0.1, 0.15) is 28.8 Å². The van der Waals surface area contributed by atoms with E-state index in [1.54, 1.807) is 0 Å². The van der Waals surface area contributed by atoms with E-state index in [0.29, 0.717) is 24.4 Å². The largest absolute Gasteiger partial charge is 0.392 e. The first-order valence-electron chi connectivity index (χ1n) is 9.72. The number of H-pyrrole nitrogens is 1. The highest BCUT2D eigenvalue weighted by molar-refractivity contribution is 5.56. The minimum absolute atomic E-state index is 0.0839. The van der Waals surface area contributed by atoms with E-state index >= 15 is 0 Å². The second kappa shape index (κ2) is 8.09. The summed E-state index contributed by atoms with van der Waals surface area (Å²) in [5.41, 5.74) is 4.54. The van der Waals surface area contributed by atoms with Gasteiger partial charge in [0, 0.05) is 42.9 Å². The number of aromatic amines is 1. The zero-order valence-corrected chi connectivity index (χ0v) is 16.1. The third-order valence-corrected chi connectivity index (χ3v) is 5.30. The topological polar surface area (TPSA) is 69.2 Å². The highest BCUT2D eigenvalue weighted by Crippen LogP contribution is 2.20. The summed E-state index contributed by atoms with van der Waals surface area (Å²) in [6.07, 6.45) is 1.18. The summed E-state index contributed by atoms with van der Waals surface area (Å²) in [4.78, 5) is 22.6. The summed E-state index contributed by atoms with van der Waals surface area (Å²) in [6, 6.07) is 18.1. The molecule has 144 valence electrons. The number of rotatable bonds is 5. The van der Waals surface area contributed by atoms with Crippen molar-refractivity contribution in [3.8, 4) is 11.4 Å². The van der Waals surface area contributed by atoms with Crippen molar-refractivity contribution >= 4 is 0 Å². The van der Waals surface area contributed by atoms with E-state index in [0.717, 1.165) is 41.9 Å². The average molecular weight is 375 g/mol. The van der Waals surface area contributed by atoms with Crippen LogP contribution in [0.4, 0.5) is 0 Å². The molecule has 0 radical (unpaired) electrons. The smallest absolute Gasteiger partial charge is 0.254 e. The zero-order chi connectivity index (χ0) is 19.5. The molecule has 1 aliphatic rings. The summed E-state index contributed by atoms with van der Waals surface area (Å²) in [5, 5.41) is 9.71. The van der Waals surface area contributed by atoms with Crippen LogP contribution in [0.5, 0.6) is 0 Å². The van der Waals surface area contributed by atoms with Crippen molar-refractivity contribution in [1.82, 2.24) is 14.9 Å². The van der Waals surface area contributed by atoms with E-state index in [4.69, 9.17) is 0 Å². The molecule has 28 heavy (non-hydrogen) atoms. The second-order valence-corrected chi connectivity index (χ2v) is 7.52. The number of likely N-dealkylation sites (tertiary alicyclic amines) is 1. The third kappa shape index (κ3) is 4.21. The molecule has 5 heteroatoms. The van der Waals surface area contributed by atoms with Crippen molar-refractivity contribution in [2.45, 2.75) is 32.4 Å². The second-order valence-electron chi connectivity index (χ2n) is 7.52. The molecule has 1 aromatic heterocycles. The fourth-order valence-corrected chi connectivity index (χ4v) is 3.79. The van der Waals surface area contributed by atoms with Gasteiger partial charge in [0.1, 0.15) is 5.82 Å². The Hall–Kier alpha value is -2.76. The molecule has 2 heterocycles. The minimum Gasteiger partial charge on any atom is -0.392 e. The normalized spacial score (nSPS) is 17.1. The molecule has 0 amide bonds. The molecule has 2 aromatic carbocycles. The SMILES string of the molecule is Cc1nc(-c2cccc(CN3CC[C@H](O)C3)c2)[nH]c(=O)c1Cc1ccccc1. The first-order valence-corrected chi connectivity index (χ1v) is 9.72. The molecule has 0 bridgehead atoms. The molecule has 0 saturated carbocycles. The van der Waals surface area contributed by atoms with Gasteiger partial charge in [0.15, 0.2) is 0 Å². The number of nitrogens with one attached hydrogen (secondary N) is 1. The van der Waals surface area contributed by atoms with Crippen molar-refractivity contribution < 1.29 is 5.11 Å². The molecule has 2 N–H and O–H groups in total. The summed E-state index contributed by atoms with van der Waals surface area (Å²) in [6.45, 7) is 4.31. The highest BCUT2D eigenvalue weighted by atomic mass is 16.3. The lowest BCUT2D eigenvalue weighted by Crippen LogP contribution is -2.21. The van der Waals surface area contributed by atoms with E-state index in [1.165, 1.54) is 0 Å². The number of aliphatic hydroxyl groups excluding tert-OH is 1. The minimum atomic E-state index is -0.221. The van der Waals surface area contributed by atoms with Gasteiger partial charge in [-0.3, -0.25) is 9.69 Å². The monoisotopic (exact) mass is 375 g/mol. The van der Waals surface area contributed by atoms with Crippen LogP contribution in [-0.4, -0.2) is 39.2 Å². The fraction of sp³-hybridized carbons (Fsp3) is 0.304. The van der Waals surface area contributed by atoms with Gasteiger partial charge in [-0.1, -0.05) is 48.5 Å². The molecule has 5 nitrogen and oxygen atoms in total. The van der Waals surface area contributed by atoms with Gasteiger partial charge in [-0.05, 0) is 30.5 Å². The molecule has 3 aromatic rings. The molecule has 1 saturated heterocycles. The van der Waals surface area contributed by atoms with Crippen LogP contribution in [0.15, 0.2) is 59.4 Å². The standard InChI is InChI=1S/C23H25N3O2/c1-16-21(13-17-6-3-2-4-7-17)23(28)25-22(24-16)19-9-5-8-18(12-19)14-26-11-10-20(27)15-26/h2-9,12,20,27H,10-11,13-15H2,1H3,(H,24,25,28)/t20-/m0/s1. The zero-order valence-electron chi connectivity index (χ0n) is 16.1. The lowest BCUT2D eigenvalue weighted by atomic mass is 10.0. The molecule has 1 aliphatic heterocycles. The third-order valence-electron chi connectivity index (χ3n) is 5.30. The van der Waals surface area contributed by atoms with Gasteiger partial charge >= 0.3 is 0 Å². The number of nitrogens with zero attached hydrogens (tertiary/aromatic N) is 2. The summed E-state index contributed by atoms with van der Waals surface area (Å²) in [7, 11) is 0. The van der Waals surface area contributed by atoms with E-state index < -0.39 is 0 Å². The maximum atomic E-state index is 12.7. The predicted molar refractivity (Wildman–Crippen MR) is 110 cm³/mol. The lowest BCUT2D eigenvalue weighted by Gasteiger charge is -2.15. The summed E-state index contributed by atoms with van der Waals surface area (Å²) >= 11 is 0. The molecular formula is C23H25N3O2. The molecule has 4 rings (SSSR count). The Morgan fingerprint density at radius 2 is 1.93 bits per heavy atom. The van der Waals surface area contributed by atoms with Crippen LogP contribution < -0.4 is 5.56 Å². The molecular weight excluding hydrogens is 350 g/mol. The molecule has 1 atom stereocenters. The van der Waals surface area contributed by atoms with Crippen molar-refractivity contribution in [1.29, 1.82) is 0 Å². The highest BCUT2D eigenvalue weighted by Gasteiger charge is 2.20. The van der Waals surface area contributed by atoms with Crippen molar-refractivity contribution in [2.24, 2.45) is 0 Å². The number of aliphatic hydroxyl groups is 1. The Morgan fingerprint density at radius 3 is 2.64 bits per heavy atom. The molecule has 0 aliphatic carbocycles. The quantitative estimate of drug-likeness (QED) is 0.719. The number of benzene rings is 2. The first-order chi connectivity index (χ1) is 13.6. The first kappa shape index (κ1) is 18.6. The van der Waals surface area contributed by atoms with E-state index in [-0.39, 0.29) is 11.7 Å². The van der Waals surface area contributed by atoms with E-state index in [1.807, 2.05) is 49.4 Å². The number of hydrogen-bond acceptors (Lipinski definition) is 4. The van der Waals surface area contributed by atoms with Crippen molar-refractivity contribution in [2.75, 3.05) is 13.1 Å². The van der Waals surface area contributed by atoms with E-state index in [2.05, 4.69) is 27.0 Å².